The van der Waals surface area contributed by atoms with Crippen LogP contribution in [0.15, 0.2) is 91.0 Å². The van der Waals surface area contributed by atoms with E-state index in [0.717, 1.165) is 19.4 Å². The molecule has 0 aliphatic heterocycles. The predicted molar refractivity (Wildman–Crippen MR) is 102 cm³/mol. The molecule has 0 aliphatic carbocycles. The zero-order valence-corrected chi connectivity index (χ0v) is 14.3. The van der Waals surface area contributed by atoms with Gasteiger partial charge in [-0.05, 0) is 29.5 Å². The molecule has 0 fully saturated rings. The second kappa shape index (κ2) is 7.94. The van der Waals surface area contributed by atoms with Crippen molar-refractivity contribution in [1.82, 2.24) is 5.32 Å². The lowest BCUT2D eigenvalue weighted by molar-refractivity contribution is 0.390. The van der Waals surface area contributed by atoms with E-state index in [1.165, 1.54) is 16.7 Å². The van der Waals surface area contributed by atoms with Crippen LogP contribution in [0.1, 0.15) is 30.0 Å². The lowest BCUT2D eigenvalue weighted by Crippen LogP contribution is -2.44. The normalized spacial score (nSPS) is 11.4. The van der Waals surface area contributed by atoms with Crippen molar-refractivity contribution in [2.75, 3.05) is 6.54 Å². The van der Waals surface area contributed by atoms with Crippen molar-refractivity contribution in [2.45, 2.75) is 25.3 Å². The van der Waals surface area contributed by atoms with E-state index in [-0.39, 0.29) is 5.54 Å². The first-order chi connectivity index (χ1) is 11.8. The first-order valence-electron chi connectivity index (χ1n) is 8.75. The van der Waals surface area contributed by atoms with E-state index in [4.69, 9.17) is 0 Å². The van der Waals surface area contributed by atoms with Crippen molar-refractivity contribution in [3.63, 3.8) is 0 Å². The highest BCUT2D eigenvalue weighted by molar-refractivity contribution is 5.38. The van der Waals surface area contributed by atoms with Gasteiger partial charge in [0, 0.05) is 6.54 Å². The van der Waals surface area contributed by atoms with Gasteiger partial charge < -0.3 is 5.32 Å². The van der Waals surface area contributed by atoms with Gasteiger partial charge in [0.05, 0.1) is 5.54 Å². The summed E-state index contributed by atoms with van der Waals surface area (Å²) in [5.74, 6) is 0. The van der Waals surface area contributed by atoms with Crippen molar-refractivity contribution >= 4 is 0 Å². The number of benzene rings is 3. The van der Waals surface area contributed by atoms with E-state index in [9.17, 15) is 0 Å². The van der Waals surface area contributed by atoms with Gasteiger partial charge in [-0.3, -0.25) is 0 Å². The molecule has 0 aromatic heterocycles. The van der Waals surface area contributed by atoms with Crippen LogP contribution in [0, 0.1) is 0 Å². The van der Waals surface area contributed by atoms with Gasteiger partial charge in [-0.25, -0.2) is 0 Å². The Morgan fingerprint density at radius 1 is 0.667 bits per heavy atom. The molecule has 0 radical (unpaired) electrons. The Morgan fingerprint density at radius 3 is 1.58 bits per heavy atom. The van der Waals surface area contributed by atoms with Gasteiger partial charge in [0.2, 0.25) is 0 Å². The third kappa shape index (κ3) is 3.58. The van der Waals surface area contributed by atoms with Gasteiger partial charge in [0.25, 0.3) is 0 Å². The van der Waals surface area contributed by atoms with E-state index in [0.29, 0.717) is 0 Å². The van der Waals surface area contributed by atoms with Gasteiger partial charge in [0.1, 0.15) is 0 Å². The monoisotopic (exact) mass is 315 g/mol. The minimum absolute atomic E-state index is 0.142. The summed E-state index contributed by atoms with van der Waals surface area (Å²) in [6, 6.07) is 32.3. The SMILES string of the molecule is CCC(NCCc1ccccc1)(c1ccccc1)c1ccccc1. The molecule has 3 aromatic carbocycles. The molecule has 3 aromatic rings. The topological polar surface area (TPSA) is 12.0 Å². The summed E-state index contributed by atoms with van der Waals surface area (Å²) in [6.45, 7) is 3.21. The van der Waals surface area contributed by atoms with Crippen molar-refractivity contribution in [2.24, 2.45) is 0 Å². The van der Waals surface area contributed by atoms with E-state index >= 15 is 0 Å². The molecule has 0 amide bonds. The molecule has 0 spiro atoms. The lowest BCUT2D eigenvalue weighted by atomic mass is 9.80. The predicted octanol–water partition coefficient (Wildman–Crippen LogP) is 5.17. The molecule has 3 rings (SSSR count). The molecule has 0 saturated heterocycles. The zero-order chi connectivity index (χ0) is 16.7. The molecular formula is C23H25N. The number of rotatable bonds is 7. The van der Waals surface area contributed by atoms with Crippen molar-refractivity contribution in [1.29, 1.82) is 0 Å². The Balaban J connectivity index is 1.87. The van der Waals surface area contributed by atoms with Crippen LogP contribution in [0.4, 0.5) is 0 Å². The van der Waals surface area contributed by atoms with Gasteiger partial charge >= 0.3 is 0 Å². The van der Waals surface area contributed by atoms with Crippen LogP contribution in [0.2, 0.25) is 0 Å². The summed E-state index contributed by atoms with van der Waals surface area (Å²) in [5, 5.41) is 3.86. The lowest BCUT2D eigenvalue weighted by Gasteiger charge is -2.35. The molecule has 1 N–H and O–H groups in total. The average molecular weight is 315 g/mol. The third-order valence-electron chi connectivity index (χ3n) is 4.75. The summed E-state index contributed by atoms with van der Waals surface area (Å²) in [6.07, 6.45) is 2.04. The van der Waals surface area contributed by atoms with Gasteiger partial charge in [-0.15, -0.1) is 0 Å². The molecule has 0 unspecified atom stereocenters. The number of hydrogen-bond acceptors (Lipinski definition) is 1. The smallest absolute Gasteiger partial charge is 0.0688 e. The maximum atomic E-state index is 3.86. The van der Waals surface area contributed by atoms with Crippen LogP contribution >= 0.6 is 0 Å². The third-order valence-corrected chi connectivity index (χ3v) is 4.75. The molecule has 1 heteroatoms. The molecule has 0 atom stereocenters. The minimum Gasteiger partial charge on any atom is -0.303 e. The molecular weight excluding hydrogens is 290 g/mol. The number of hydrogen-bond donors (Lipinski definition) is 1. The molecule has 0 heterocycles. The first-order valence-corrected chi connectivity index (χ1v) is 8.75. The van der Waals surface area contributed by atoms with Gasteiger partial charge in [-0.2, -0.15) is 0 Å². The molecule has 0 bridgehead atoms. The van der Waals surface area contributed by atoms with E-state index < -0.39 is 0 Å². The maximum absolute atomic E-state index is 3.86. The summed E-state index contributed by atoms with van der Waals surface area (Å²) in [4.78, 5) is 0. The van der Waals surface area contributed by atoms with E-state index in [2.05, 4.69) is 103 Å². The fraction of sp³-hybridized carbons (Fsp3) is 0.217. The van der Waals surface area contributed by atoms with Crippen LogP contribution in [0.5, 0.6) is 0 Å². The standard InChI is InChI=1S/C23H25N/c1-2-23(21-14-8-4-9-15-21,22-16-10-5-11-17-22)24-19-18-20-12-6-3-7-13-20/h3-17,24H,2,18-19H2,1H3. The van der Waals surface area contributed by atoms with Gasteiger partial charge in [-0.1, -0.05) is 97.9 Å². The fourth-order valence-electron chi connectivity index (χ4n) is 3.41. The highest BCUT2D eigenvalue weighted by Gasteiger charge is 2.31. The van der Waals surface area contributed by atoms with Crippen molar-refractivity contribution in [3.05, 3.63) is 108 Å². The Kier molecular flexibility index (Phi) is 5.45. The molecule has 0 aliphatic rings. The van der Waals surface area contributed by atoms with Crippen LogP contribution in [-0.4, -0.2) is 6.54 Å². The Labute approximate surface area is 145 Å². The summed E-state index contributed by atoms with van der Waals surface area (Å²) in [5.41, 5.74) is 3.88. The second-order valence-electron chi connectivity index (χ2n) is 6.15. The van der Waals surface area contributed by atoms with E-state index in [1.54, 1.807) is 0 Å². The largest absolute Gasteiger partial charge is 0.303 e. The van der Waals surface area contributed by atoms with Gasteiger partial charge in [0.15, 0.2) is 0 Å². The van der Waals surface area contributed by atoms with Crippen LogP contribution < -0.4 is 5.32 Å². The fourth-order valence-corrected chi connectivity index (χ4v) is 3.41. The highest BCUT2D eigenvalue weighted by atomic mass is 15.0. The summed E-state index contributed by atoms with van der Waals surface area (Å²) < 4.78 is 0. The molecule has 24 heavy (non-hydrogen) atoms. The van der Waals surface area contributed by atoms with E-state index in [1.807, 2.05) is 0 Å². The van der Waals surface area contributed by atoms with Crippen LogP contribution in [0.3, 0.4) is 0 Å². The summed E-state index contributed by atoms with van der Waals surface area (Å²) >= 11 is 0. The molecule has 122 valence electrons. The maximum Gasteiger partial charge on any atom is 0.0688 e. The highest BCUT2D eigenvalue weighted by Crippen LogP contribution is 2.32. The quantitative estimate of drug-likeness (QED) is 0.634. The molecule has 1 nitrogen and oxygen atoms in total. The van der Waals surface area contributed by atoms with Crippen LogP contribution in [-0.2, 0) is 12.0 Å². The Bertz CT molecular complexity index is 680. The summed E-state index contributed by atoms with van der Waals surface area (Å²) in [7, 11) is 0. The van der Waals surface area contributed by atoms with Crippen molar-refractivity contribution < 1.29 is 0 Å². The van der Waals surface area contributed by atoms with Crippen LogP contribution in [0.25, 0.3) is 0 Å². The Morgan fingerprint density at radius 2 is 1.12 bits per heavy atom. The second-order valence-corrected chi connectivity index (χ2v) is 6.15. The molecule has 0 saturated carbocycles. The average Bonchev–Trinajstić information content (AvgIpc) is 2.68. The first kappa shape index (κ1) is 16.5. The minimum atomic E-state index is -0.142. The zero-order valence-electron chi connectivity index (χ0n) is 14.3. The number of nitrogens with one attached hydrogen (secondary N) is 1. The Hall–Kier alpha value is -2.38. The van der Waals surface area contributed by atoms with Crippen molar-refractivity contribution in [3.8, 4) is 0 Å².